The highest BCUT2D eigenvalue weighted by Gasteiger charge is 2.21. The Morgan fingerprint density at radius 1 is 1.37 bits per heavy atom. The fourth-order valence-corrected chi connectivity index (χ4v) is 2.99. The number of halogens is 1. The highest BCUT2D eigenvalue weighted by Crippen LogP contribution is 2.28. The fraction of sp³-hybridized carbons (Fsp3) is 0.647. The molecule has 3 heterocycles. The van der Waals surface area contributed by atoms with Gasteiger partial charge in [0, 0.05) is 19.7 Å². The Balaban J connectivity index is 1.64. The molecule has 0 spiro atoms. The van der Waals surface area contributed by atoms with E-state index in [0.717, 1.165) is 25.9 Å². The molecule has 27 heavy (non-hydrogen) atoms. The minimum atomic E-state index is -0.530. The van der Waals surface area contributed by atoms with E-state index in [1.165, 1.54) is 0 Å². The molecule has 0 aromatic carbocycles. The van der Waals surface area contributed by atoms with E-state index in [-0.39, 0.29) is 11.5 Å². The summed E-state index contributed by atoms with van der Waals surface area (Å²) in [7, 11) is 0. The molecule has 2 aromatic rings. The molecule has 1 atom stereocenters. The Kier molecular flexibility index (Phi) is 6.01. The van der Waals surface area contributed by atoms with Gasteiger partial charge >= 0.3 is 6.09 Å². The van der Waals surface area contributed by atoms with Crippen molar-refractivity contribution in [2.45, 2.75) is 51.9 Å². The number of carbonyl (C=O) groups is 1. The molecule has 148 valence electrons. The van der Waals surface area contributed by atoms with E-state index in [0.29, 0.717) is 30.1 Å². The summed E-state index contributed by atoms with van der Waals surface area (Å²) in [5, 5.41) is 5.95. The van der Waals surface area contributed by atoms with Gasteiger partial charge in [-0.1, -0.05) is 0 Å². The number of ether oxygens (including phenoxy) is 2. The normalized spacial score (nSPS) is 17.7. The number of fused-ring (bicyclic) bond motifs is 1. The van der Waals surface area contributed by atoms with E-state index in [1.54, 1.807) is 6.33 Å². The fourth-order valence-electron chi connectivity index (χ4n) is 2.83. The highest BCUT2D eigenvalue weighted by molar-refractivity contribution is 6.28. The Labute approximate surface area is 162 Å². The Bertz CT molecular complexity index is 798. The first-order chi connectivity index (χ1) is 12.8. The van der Waals surface area contributed by atoms with Crippen LogP contribution >= 0.6 is 11.6 Å². The van der Waals surface area contributed by atoms with Crippen LogP contribution in [-0.4, -0.2) is 50.9 Å². The van der Waals surface area contributed by atoms with Crippen LogP contribution in [0.1, 0.15) is 46.3 Å². The standard InChI is InChI=1S/C17H25ClN6O3/c1-17(2,3)27-16(25)20-8-7-19-13-12-14(23-15(18)22-13)24(10-21-12)11-6-4-5-9-26-11/h10-11H,4-9H2,1-3H3,(H,20,25)(H,19,22,23). The van der Waals surface area contributed by atoms with Gasteiger partial charge in [0.1, 0.15) is 11.8 Å². The van der Waals surface area contributed by atoms with Gasteiger partial charge in [0.15, 0.2) is 17.0 Å². The number of amides is 1. The topological polar surface area (TPSA) is 103 Å². The SMILES string of the molecule is CC(C)(C)OC(=O)NCCNc1nc(Cl)nc2c1ncn2C1CCCCO1. The lowest BCUT2D eigenvalue weighted by Crippen LogP contribution is -2.35. The zero-order valence-electron chi connectivity index (χ0n) is 15.8. The number of nitrogens with one attached hydrogen (secondary N) is 2. The third-order valence-corrected chi connectivity index (χ3v) is 4.11. The van der Waals surface area contributed by atoms with E-state index < -0.39 is 11.7 Å². The minimum absolute atomic E-state index is 0.0867. The number of imidazole rings is 1. The van der Waals surface area contributed by atoms with Crippen molar-refractivity contribution in [3.05, 3.63) is 11.6 Å². The van der Waals surface area contributed by atoms with Crippen molar-refractivity contribution in [3.63, 3.8) is 0 Å². The second kappa shape index (κ2) is 8.26. The lowest BCUT2D eigenvalue weighted by atomic mass is 10.2. The van der Waals surface area contributed by atoms with E-state index in [4.69, 9.17) is 21.1 Å². The van der Waals surface area contributed by atoms with Crippen LogP contribution in [0.25, 0.3) is 11.2 Å². The summed E-state index contributed by atoms with van der Waals surface area (Å²) < 4.78 is 12.9. The molecule has 2 N–H and O–H groups in total. The van der Waals surface area contributed by atoms with Gasteiger partial charge < -0.3 is 20.1 Å². The van der Waals surface area contributed by atoms with Crippen LogP contribution in [-0.2, 0) is 9.47 Å². The molecule has 0 radical (unpaired) electrons. The molecule has 3 rings (SSSR count). The van der Waals surface area contributed by atoms with Gasteiger partial charge in [-0.05, 0) is 51.6 Å². The zero-order valence-corrected chi connectivity index (χ0v) is 16.5. The molecule has 1 amide bonds. The van der Waals surface area contributed by atoms with Crippen molar-refractivity contribution in [1.29, 1.82) is 0 Å². The number of hydrogen-bond acceptors (Lipinski definition) is 7. The maximum Gasteiger partial charge on any atom is 0.407 e. The van der Waals surface area contributed by atoms with Crippen molar-refractivity contribution in [3.8, 4) is 0 Å². The average Bonchev–Trinajstić information content (AvgIpc) is 3.01. The third-order valence-electron chi connectivity index (χ3n) is 3.95. The molecule has 0 saturated carbocycles. The predicted octanol–water partition coefficient (Wildman–Crippen LogP) is 3.12. The summed E-state index contributed by atoms with van der Waals surface area (Å²) in [6.45, 7) is 6.98. The molecule has 0 aliphatic carbocycles. The molecule has 0 bridgehead atoms. The molecule has 1 unspecified atom stereocenters. The Morgan fingerprint density at radius 3 is 2.89 bits per heavy atom. The van der Waals surface area contributed by atoms with Crippen molar-refractivity contribution >= 4 is 34.7 Å². The number of rotatable bonds is 5. The molecule has 2 aromatic heterocycles. The monoisotopic (exact) mass is 396 g/mol. The van der Waals surface area contributed by atoms with Crippen LogP contribution in [0.15, 0.2) is 6.33 Å². The van der Waals surface area contributed by atoms with Gasteiger partial charge in [-0.25, -0.2) is 9.78 Å². The second-order valence-electron chi connectivity index (χ2n) is 7.34. The molecule has 1 aliphatic rings. The molecule has 10 heteroatoms. The van der Waals surface area contributed by atoms with Gasteiger partial charge in [0.2, 0.25) is 5.28 Å². The van der Waals surface area contributed by atoms with Gasteiger partial charge in [-0.2, -0.15) is 9.97 Å². The van der Waals surface area contributed by atoms with Crippen LogP contribution < -0.4 is 10.6 Å². The van der Waals surface area contributed by atoms with E-state index in [2.05, 4.69) is 25.6 Å². The van der Waals surface area contributed by atoms with Gasteiger partial charge in [-0.3, -0.25) is 4.57 Å². The smallest absolute Gasteiger partial charge is 0.407 e. The summed E-state index contributed by atoms with van der Waals surface area (Å²) in [5.41, 5.74) is 0.716. The first-order valence-corrected chi connectivity index (χ1v) is 9.44. The highest BCUT2D eigenvalue weighted by atomic mass is 35.5. The van der Waals surface area contributed by atoms with Crippen molar-refractivity contribution < 1.29 is 14.3 Å². The largest absolute Gasteiger partial charge is 0.444 e. The summed E-state index contributed by atoms with van der Waals surface area (Å²) in [4.78, 5) is 24.6. The van der Waals surface area contributed by atoms with Gasteiger partial charge in [0.05, 0.1) is 6.33 Å². The van der Waals surface area contributed by atoms with E-state index in [1.807, 2.05) is 25.3 Å². The first kappa shape index (κ1) is 19.6. The summed E-state index contributed by atoms with van der Waals surface area (Å²) >= 11 is 6.09. The molecule has 1 fully saturated rings. The first-order valence-electron chi connectivity index (χ1n) is 9.06. The maximum absolute atomic E-state index is 11.7. The van der Waals surface area contributed by atoms with Crippen molar-refractivity contribution in [2.75, 3.05) is 25.0 Å². The molecular formula is C17H25ClN6O3. The van der Waals surface area contributed by atoms with E-state index >= 15 is 0 Å². The van der Waals surface area contributed by atoms with Crippen LogP contribution in [0.3, 0.4) is 0 Å². The second-order valence-corrected chi connectivity index (χ2v) is 7.68. The number of anilines is 1. The molecule has 9 nitrogen and oxygen atoms in total. The quantitative estimate of drug-likeness (QED) is 0.591. The van der Waals surface area contributed by atoms with Crippen LogP contribution in [0, 0.1) is 0 Å². The lowest BCUT2D eigenvalue weighted by Gasteiger charge is -2.23. The van der Waals surface area contributed by atoms with Crippen LogP contribution in [0.2, 0.25) is 5.28 Å². The Morgan fingerprint density at radius 2 is 2.19 bits per heavy atom. The zero-order chi connectivity index (χ0) is 19.4. The van der Waals surface area contributed by atoms with Crippen LogP contribution in [0.5, 0.6) is 0 Å². The predicted molar refractivity (Wildman–Crippen MR) is 102 cm³/mol. The number of carbonyl (C=O) groups excluding carboxylic acids is 1. The number of aromatic nitrogens is 4. The Hall–Kier alpha value is -2.13. The summed E-state index contributed by atoms with van der Waals surface area (Å²) in [6.07, 6.45) is 4.23. The average molecular weight is 397 g/mol. The molecule has 1 aliphatic heterocycles. The number of hydrogen-bond donors (Lipinski definition) is 2. The summed E-state index contributed by atoms with van der Waals surface area (Å²) in [6, 6.07) is 0. The number of nitrogens with zero attached hydrogens (tertiary/aromatic N) is 4. The summed E-state index contributed by atoms with van der Waals surface area (Å²) in [5.74, 6) is 0.519. The number of alkyl carbamates (subject to hydrolysis) is 1. The third kappa shape index (κ3) is 5.20. The van der Waals surface area contributed by atoms with Gasteiger partial charge in [-0.15, -0.1) is 0 Å². The maximum atomic E-state index is 11.7. The lowest BCUT2D eigenvalue weighted by molar-refractivity contribution is -0.0298. The molecule has 1 saturated heterocycles. The molecular weight excluding hydrogens is 372 g/mol. The van der Waals surface area contributed by atoms with Crippen molar-refractivity contribution in [2.24, 2.45) is 0 Å². The minimum Gasteiger partial charge on any atom is -0.444 e. The van der Waals surface area contributed by atoms with Crippen molar-refractivity contribution in [1.82, 2.24) is 24.8 Å². The van der Waals surface area contributed by atoms with E-state index in [9.17, 15) is 4.79 Å². The van der Waals surface area contributed by atoms with Gasteiger partial charge in [0.25, 0.3) is 0 Å². The van der Waals surface area contributed by atoms with Crippen LogP contribution in [0.4, 0.5) is 10.6 Å².